The SMILES string of the molecule is CCCCCC1CCC(C(Oc2ccc(C)nc2)C2CCCCC2)CC1. The van der Waals surface area contributed by atoms with Gasteiger partial charge in [-0.3, -0.25) is 4.98 Å². The summed E-state index contributed by atoms with van der Waals surface area (Å²) in [5, 5.41) is 0. The van der Waals surface area contributed by atoms with E-state index in [9.17, 15) is 0 Å². The van der Waals surface area contributed by atoms with Crippen molar-refractivity contribution in [3.05, 3.63) is 24.0 Å². The van der Waals surface area contributed by atoms with Crippen LogP contribution in [0.5, 0.6) is 5.75 Å². The minimum absolute atomic E-state index is 0.413. The maximum Gasteiger partial charge on any atom is 0.138 e. The number of aromatic nitrogens is 1. The third-order valence-electron chi connectivity index (χ3n) is 6.84. The minimum atomic E-state index is 0.413. The third-order valence-corrected chi connectivity index (χ3v) is 6.84. The van der Waals surface area contributed by atoms with Gasteiger partial charge in [-0.1, -0.05) is 64.7 Å². The molecule has 0 aromatic carbocycles. The topological polar surface area (TPSA) is 22.1 Å². The predicted molar refractivity (Wildman–Crippen MR) is 110 cm³/mol. The summed E-state index contributed by atoms with van der Waals surface area (Å²) in [6.45, 7) is 4.35. The van der Waals surface area contributed by atoms with Gasteiger partial charge in [0.15, 0.2) is 0 Å². The maximum absolute atomic E-state index is 6.62. The Balaban J connectivity index is 1.59. The van der Waals surface area contributed by atoms with Gasteiger partial charge in [0.1, 0.15) is 11.9 Å². The van der Waals surface area contributed by atoms with Crippen LogP contribution in [0.2, 0.25) is 0 Å². The first-order valence-corrected chi connectivity index (χ1v) is 11.4. The highest BCUT2D eigenvalue weighted by Crippen LogP contribution is 2.40. The minimum Gasteiger partial charge on any atom is -0.488 e. The van der Waals surface area contributed by atoms with Crippen molar-refractivity contribution < 1.29 is 4.74 Å². The molecule has 1 aromatic rings. The van der Waals surface area contributed by atoms with Crippen LogP contribution in [0.15, 0.2) is 18.3 Å². The summed E-state index contributed by atoms with van der Waals surface area (Å²) in [7, 11) is 0. The second-order valence-corrected chi connectivity index (χ2v) is 8.89. The Morgan fingerprint density at radius 2 is 1.69 bits per heavy atom. The van der Waals surface area contributed by atoms with Gasteiger partial charge in [0.25, 0.3) is 0 Å². The first kappa shape index (κ1) is 19.7. The molecule has 0 bridgehead atoms. The third kappa shape index (κ3) is 5.72. The summed E-state index contributed by atoms with van der Waals surface area (Å²) in [5.41, 5.74) is 1.07. The lowest BCUT2D eigenvalue weighted by molar-refractivity contribution is 0.0307. The van der Waals surface area contributed by atoms with Crippen LogP contribution in [0.1, 0.15) is 96.1 Å². The van der Waals surface area contributed by atoms with Crippen molar-refractivity contribution in [3.63, 3.8) is 0 Å². The van der Waals surface area contributed by atoms with Gasteiger partial charge in [-0.25, -0.2) is 0 Å². The van der Waals surface area contributed by atoms with Gasteiger partial charge in [-0.05, 0) is 62.5 Å². The highest BCUT2D eigenvalue weighted by atomic mass is 16.5. The highest BCUT2D eigenvalue weighted by Gasteiger charge is 2.35. The monoisotopic (exact) mass is 357 g/mol. The van der Waals surface area contributed by atoms with Gasteiger partial charge in [-0.15, -0.1) is 0 Å². The molecule has 2 fully saturated rings. The fraction of sp³-hybridized carbons (Fsp3) is 0.792. The molecule has 2 nitrogen and oxygen atoms in total. The number of nitrogens with zero attached hydrogens (tertiary/aromatic N) is 1. The van der Waals surface area contributed by atoms with Crippen LogP contribution >= 0.6 is 0 Å². The zero-order chi connectivity index (χ0) is 18.2. The molecular formula is C24H39NO. The summed E-state index contributed by atoms with van der Waals surface area (Å²) in [5.74, 6) is 3.47. The molecule has 0 spiro atoms. The van der Waals surface area contributed by atoms with Gasteiger partial charge in [0, 0.05) is 5.69 Å². The highest BCUT2D eigenvalue weighted by molar-refractivity contribution is 5.19. The fourth-order valence-electron chi connectivity index (χ4n) is 5.21. The first-order valence-electron chi connectivity index (χ1n) is 11.4. The Bertz CT molecular complexity index is 497. The molecule has 2 aliphatic rings. The molecule has 0 radical (unpaired) electrons. The number of rotatable bonds is 8. The fourth-order valence-corrected chi connectivity index (χ4v) is 5.21. The molecule has 1 atom stereocenters. The molecule has 0 N–H and O–H groups in total. The lowest BCUT2D eigenvalue weighted by Crippen LogP contribution is -2.38. The van der Waals surface area contributed by atoms with E-state index >= 15 is 0 Å². The molecule has 3 rings (SSSR count). The molecule has 26 heavy (non-hydrogen) atoms. The van der Waals surface area contributed by atoms with Crippen LogP contribution in [0, 0.1) is 24.7 Å². The summed E-state index contributed by atoms with van der Waals surface area (Å²) in [6, 6.07) is 4.20. The first-order chi connectivity index (χ1) is 12.8. The lowest BCUT2D eigenvalue weighted by atomic mass is 9.72. The number of aryl methyl sites for hydroxylation is 1. The number of hydrogen-bond donors (Lipinski definition) is 0. The van der Waals surface area contributed by atoms with Crippen molar-refractivity contribution in [2.24, 2.45) is 17.8 Å². The number of ether oxygens (including phenoxy) is 1. The number of hydrogen-bond acceptors (Lipinski definition) is 2. The van der Waals surface area contributed by atoms with E-state index in [2.05, 4.69) is 24.0 Å². The van der Waals surface area contributed by atoms with Crippen molar-refractivity contribution in [1.29, 1.82) is 0 Å². The van der Waals surface area contributed by atoms with E-state index in [0.717, 1.165) is 29.2 Å². The van der Waals surface area contributed by atoms with Gasteiger partial charge >= 0.3 is 0 Å². The van der Waals surface area contributed by atoms with Crippen LogP contribution in [-0.4, -0.2) is 11.1 Å². The van der Waals surface area contributed by atoms with Crippen LogP contribution in [-0.2, 0) is 0 Å². The van der Waals surface area contributed by atoms with Gasteiger partial charge < -0.3 is 4.74 Å². The molecule has 2 saturated carbocycles. The van der Waals surface area contributed by atoms with Crippen molar-refractivity contribution in [3.8, 4) is 5.75 Å². The molecule has 0 amide bonds. The van der Waals surface area contributed by atoms with E-state index < -0.39 is 0 Å². The van der Waals surface area contributed by atoms with Crippen LogP contribution in [0.4, 0.5) is 0 Å². The maximum atomic E-state index is 6.62. The average Bonchev–Trinajstić information content (AvgIpc) is 2.69. The average molecular weight is 358 g/mol. The Morgan fingerprint density at radius 3 is 2.35 bits per heavy atom. The van der Waals surface area contributed by atoms with Crippen molar-refractivity contribution >= 4 is 0 Å². The molecule has 0 aliphatic heterocycles. The van der Waals surface area contributed by atoms with Gasteiger partial charge in [0.2, 0.25) is 0 Å². The van der Waals surface area contributed by atoms with Crippen molar-refractivity contribution in [1.82, 2.24) is 4.98 Å². The normalized spacial score (nSPS) is 25.8. The standard InChI is InChI=1S/C24H39NO/c1-3-4-6-9-20-13-15-22(16-14-20)24(21-10-7-5-8-11-21)26-23-17-12-19(2)25-18-23/h12,17-18,20-22,24H,3-11,13-16H2,1-2H3. The molecule has 1 aromatic heterocycles. The molecule has 2 aliphatic carbocycles. The van der Waals surface area contributed by atoms with E-state index in [1.165, 1.54) is 83.5 Å². The Morgan fingerprint density at radius 1 is 0.962 bits per heavy atom. The van der Waals surface area contributed by atoms with Crippen LogP contribution in [0.25, 0.3) is 0 Å². The molecular weight excluding hydrogens is 318 g/mol. The zero-order valence-electron chi connectivity index (χ0n) is 17.1. The summed E-state index contributed by atoms with van der Waals surface area (Å²) < 4.78 is 6.62. The van der Waals surface area contributed by atoms with Crippen LogP contribution < -0.4 is 4.74 Å². The Labute approximate surface area is 161 Å². The zero-order valence-corrected chi connectivity index (χ0v) is 17.1. The van der Waals surface area contributed by atoms with E-state index in [4.69, 9.17) is 4.74 Å². The molecule has 2 heteroatoms. The summed E-state index contributed by atoms with van der Waals surface area (Å²) >= 11 is 0. The van der Waals surface area contributed by atoms with Gasteiger partial charge in [-0.2, -0.15) is 0 Å². The predicted octanol–water partition coefficient (Wildman–Crippen LogP) is 7.10. The second kappa shape index (κ2) is 10.3. The Kier molecular flexibility index (Phi) is 7.83. The van der Waals surface area contributed by atoms with Crippen molar-refractivity contribution in [2.45, 2.75) is 103 Å². The van der Waals surface area contributed by atoms with Crippen molar-refractivity contribution in [2.75, 3.05) is 0 Å². The molecule has 1 heterocycles. The van der Waals surface area contributed by atoms with Gasteiger partial charge in [0.05, 0.1) is 6.20 Å². The Hall–Kier alpha value is -1.05. The second-order valence-electron chi connectivity index (χ2n) is 8.89. The van der Waals surface area contributed by atoms with E-state index in [0.29, 0.717) is 6.10 Å². The van der Waals surface area contributed by atoms with E-state index in [-0.39, 0.29) is 0 Å². The van der Waals surface area contributed by atoms with E-state index in [1.807, 2.05) is 13.1 Å². The molecule has 146 valence electrons. The lowest BCUT2D eigenvalue weighted by Gasteiger charge is -2.39. The molecule has 1 unspecified atom stereocenters. The molecule has 0 saturated heterocycles. The van der Waals surface area contributed by atoms with Crippen LogP contribution in [0.3, 0.4) is 0 Å². The summed E-state index contributed by atoms with van der Waals surface area (Å²) in [4.78, 5) is 4.45. The quantitative estimate of drug-likeness (QED) is 0.463. The van der Waals surface area contributed by atoms with E-state index in [1.54, 1.807) is 0 Å². The largest absolute Gasteiger partial charge is 0.488 e. The smallest absolute Gasteiger partial charge is 0.138 e. The number of unbranched alkanes of at least 4 members (excludes halogenated alkanes) is 2. The summed E-state index contributed by atoms with van der Waals surface area (Å²) in [6.07, 6.45) is 20.5. The number of pyridine rings is 1.